The third-order valence-electron chi connectivity index (χ3n) is 3.29. The molecule has 0 unspecified atom stereocenters. The monoisotopic (exact) mass is 297 g/mol. The van der Waals surface area contributed by atoms with Crippen molar-refractivity contribution < 1.29 is 4.52 Å². The lowest BCUT2D eigenvalue weighted by Gasteiger charge is -2.00. The molecule has 0 spiro atoms. The number of hydrogen-bond donors (Lipinski definition) is 1. The molecule has 0 atom stereocenters. The lowest BCUT2D eigenvalue weighted by atomic mass is 10.1. The van der Waals surface area contributed by atoms with E-state index < -0.39 is 0 Å². The summed E-state index contributed by atoms with van der Waals surface area (Å²) in [5.41, 5.74) is 9.39. The van der Waals surface area contributed by atoms with E-state index in [0.717, 1.165) is 22.4 Å². The summed E-state index contributed by atoms with van der Waals surface area (Å²) >= 11 is 1.70. The van der Waals surface area contributed by atoms with Crippen LogP contribution in [-0.4, -0.2) is 16.4 Å². The Hall–Kier alpha value is -2.27. The van der Waals surface area contributed by atoms with Gasteiger partial charge in [0.2, 0.25) is 5.82 Å². The van der Waals surface area contributed by atoms with Crippen LogP contribution in [0.2, 0.25) is 0 Å². The minimum absolute atomic E-state index is 0.502. The second-order valence-electron chi connectivity index (χ2n) is 4.72. The first kappa shape index (κ1) is 13.7. The Morgan fingerprint density at radius 2 is 1.76 bits per heavy atom. The Balaban J connectivity index is 1.93. The highest BCUT2D eigenvalue weighted by atomic mass is 32.2. The van der Waals surface area contributed by atoms with Crippen molar-refractivity contribution >= 4 is 17.4 Å². The molecular formula is C16H15N3OS. The van der Waals surface area contributed by atoms with Gasteiger partial charge in [-0.1, -0.05) is 5.16 Å². The van der Waals surface area contributed by atoms with E-state index >= 15 is 0 Å². The van der Waals surface area contributed by atoms with Crippen molar-refractivity contribution in [2.45, 2.75) is 11.8 Å². The van der Waals surface area contributed by atoms with Gasteiger partial charge in [0.05, 0.1) is 0 Å². The van der Waals surface area contributed by atoms with Crippen LogP contribution >= 0.6 is 11.8 Å². The molecule has 0 aliphatic carbocycles. The molecule has 0 saturated carbocycles. The highest BCUT2D eigenvalue weighted by molar-refractivity contribution is 7.98. The van der Waals surface area contributed by atoms with Gasteiger partial charge in [-0.15, -0.1) is 11.8 Å². The summed E-state index contributed by atoms with van der Waals surface area (Å²) in [5, 5.41) is 4.05. The molecule has 5 heteroatoms. The summed E-state index contributed by atoms with van der Waals surface area (Å²) in [5.74, 6) is 1.09. The Morgan fingerprint density at radius 1 is 1.05 bits per heavy atom. The number of hydrogen-bond acceptors (Lipinski definition) is 5. The molecule has 4 nitrogen and oxygen atoms in total. The molecule has 0 aliphatic rings. The number of thioether (sulfide) groups is 1. The van der Waals surface area contributed by atoms with Crippen LogP contribution in [0.15, 0.2) is 51.9 Å². The van der Waals surface area contributed by atoms with Gasteiger partial charge in [-0.3, -0.25) is 0 Å². The maximum atomic E-state index is 5.82. The van der Waals surface area contributed by atoms with Gasteiger partial charge in [-0.25, -0.2) is 0 Å². The van der Waals surface area contributed by atoms with E-state index in [4.69, 9.17) is 10.3 Å². The molecule has 2 N–H and O–H groups in total. The van der Waals surface area contributed by atoms with Crippen LogP contribution in [0.25, 0.3) is 22.8 Å². The van der Waals surface area contributed by atoms with Crippen LogP contribution in [0.5, 0.6) is 0 Å². The van der Waals surface area contributed by atoms with Crippen LogP contribution in [-0.2, 0) is 0 Å². The molecule has 1 aromatic heterocycles. The van der Waals surface area contributed by atoms with Crippen molar-refractivity contribution in [1.29, 1.82) is 0 Å². The molecule has 0 saturated heterocycles. The van der Waals surface area contributed by atoms with Gasteiger partial charge in [0.1, 0.15) is 0 Å². The molecule has 2 aromatic carbocycles. The van der Waals surface area contributed by atoms with Crippen molar-refractivity contribution in [3.05, 3.63) is 48.0 Å². The number of aromatic nitrogens is 2. The first-order chi connectivity index (χ1) is 10.2. The minimum atomic E-state index is 0.502. The molecule has 0 aliphatic heterocycles. The number of rotatable bonds is 3. The van der Waals surface area contributed by atoms with E-state index in [1.54, 1.807) is 11.8 Å². The molecule has 0 bridgehead atoms. The normalized spacial score (nSPS) is 10.8. The maximum Gasteiger partial charge on any atom is 0.258 e. The number of nitrogen functional groups attached to an aromatic ring is 1. The molecule has 0 radical (unpaired) electrons. The molecule has 3 rings (SSSR count). The van der Waals surface area contributed by atoms with Gasteiger partial charge >= 0.3 is 0 Å². The second kappa shape index (κ2) is 5.61. The fourth-order valence-corrected chi connectivity index (χ4v) is 2.42. The van der Waals surface area contributed by atoms with Crippen LogP contribution in [0, 0.1) is 6.92 Å². The largest absolute Gasteiger partial charge is 0.399 e. The summed E-state index contributed by atoms with van der Waals surface area (Å²) < 4.78 is 5.35. The topological polar surface area (TPSA) is 64.9 Å². The molecule has 0 fully saturated rings. The van der Waals surface area contributed by atoms with Gasteiger partial charge < -0.3 is 10.3 Å². The predicted octanol–water partition coefficient (Wildman–Crippen LogP) is 4.02. The summed E-state index contributed by atoms with van der Waals surface area (Å²) in [4.78, 5) is 5.66. The second-order valence-corrected chi connectivity index (χ2v) is 5.60. The van der Waals surface area contributed by atoms with Gasteiger partial charge in [-0.2, -0.15) is 4.98 Å². The molecule has 106 valence electrons. The van der Waals surface area contributed by atoms with Gasteiger partial charge in [0.25, 0.3) is 5.89 Å². The number of benzene rings is 2. The van der Waals surface area contributed by atoms with Gasteiger partial charge in [-0.05, 0) is 61.2 Å². The predicted molar refractivity (Wildman–Crippen MR) is 86.1 cm³/mol. The van der Waals surface area contributed by atoms with Crippen molar-refractivity contribution in [3.8, 4) is 22.8 Å². The molecule has 21 heavy (non-hydrogen) atoms. The van der Waals surface area contributed by atoms with E-state index in [1.807, 2.05) is 55.6 Å². The SMILES string of the molecule is CSc1ccc(-c2noc(-c3ccc(N)c(C)c3)n2)cc1. The van der Waals surface area contributed by atoms with Gasteiger partial charge in [0.15, 0.2) is 0 Å². The number of nitrogens with zero attached hydrogens (tertiary/aromatic N) is 2. The lowest BCUT2D eigenvalue weighted by molar-refractivity contribution is 0.432. The van der Waals surface area contributed by atoms with Crippen LogP contribution in [0.3, 0.4) is 0 Å². The average molecular weight is 297 g/mol. The number of aryl methyl sites for hydroxylation is 1. The zero-order valence-corrected chi connectivity index (χ0v) is 12.6. The van der Waals surface area contributed by atoms with E-state index in [-0.39, 0.29) is 0 Å². The Kier molecular flexibility index (Phi) is 3.66. The summed E-state index contributed by atoms with van der Waals surface area (Å²) in [7, 11) is 0. The summed E-state index contributed by atoms with van der Waals surface area (Å²) in [6, 6.07) is 13.8. The Bertz CT molecular complexity index is 765. The van der Waals surface area contributed by atoms with E-state index in [0.29, 0.717) is 11.7 Å². The smallest absolute Gasteiger partial charge is 0.258 e. The van der Waals surface area contributed by atoms with Crippen molar-refractivity contribution in [1.82, 2.24) is 10.1 Å². The highest BCUT2D eigenvalue weighted by Gasteiger charge is 2.11. The first-order valence-corrected chi connectivity index (χ1v) is 7.74. The van der Waals surface area contributed by atoms with E-state index in [9.17, 15) is 0 Å². The quantitative estimate of drug-likeness (QED) is 0.584. The zero-order chi connectivity index (χ0) is 14.8. The number of anilines is 1. The zero-order valence-electron chi connectivity index (χ0n) is 11.8. The molecule has 3 aromatic rings. The summed E-state index contributed by atoms with van der Waals surface area (Å²) in [6.45, 7) is 1.96. The lowest BCUT2D eigenvalue weighted by Crippen LogP contribution is -1.89. The molecule has 0 amide bonds. The molecule has 1 heterocycles. The first-order valence-electron chi connectivity index (χ1n) is 6.52. The van der Waals surface area contributed by atoms with Crippen LogP contribution in [0.1, 0.15) is 5.56 Å². The van der Waals surface area contributed by atoms with Crippen molar-refractivity contribution in [3.63, 3.8) is 0 Å². The standard InChI is InChI=1S/C16H15N3OS/c1-10-9-12(5-8-14(10)17)16-18-15(19-20-16)11-3-6-13(21-2)7-4-11/h3-9H,17H2,1-2H3. The van der Waals surface area contributed by atoms with Gasteiger partial charge in [0, 0.05) is 21.7 Å². The van der Waals surface area contributed by atoms with E-state index in [2.05, 4.69) is 10.1 Å². The number of nitrogens with two attached hydrogens (primary N) is 1. The molecular weight excluding hydrogens is 282 g/mol. The van der Waals surface area contributed by atoms with Crippen LogP contribution in [0.4, 0.5) is 5.69 Å². The minimum Gasteiger partial charge on any atom is -0.399 e. The summed E-state index contributed by atoms with van der Waals surface area (Å²) in [6.07, 6.45) is 2.05. The fraction of sp³-hybridized carbons (Fsp3) is 0.125. The third-order valence-corrected chi connectivity index (χ3v) is 4.03. The Morgan fingerprint density at radius 3 is 2.43 bits per heavy atom. The average Bonchev–Trinajstić information content (AvgIpc) is 3.00. The van der Waals surface area contributed by atoms with Crippen molar-refractivity contribution in [2.24, 2.45) is 0 Å². The third kappa shape index (κ3) is 2.78. The Labute approximate surface area is 127 Å². The fourth-order valence-electron chi connectivity index (χ4n) is 2.01. The highest BCUT2D eigenvalue weighted by Crippen LogP contribution is 2.26. The maximum absolute atomic E-state index is 5.82. The van der Waals surface area contributed by atoms with Crippen molar-refractivity contribution in [2.75, 3.05) is 12.0 Å². The van der Waals surface area contributed by atoms with Crippen LogP contribution < -0.4 is 5.73 Å². The van der Waals surface area contributed by atoms with E-state index in [1.165, 1.54) is 4.90 Å².